The first kappa shape index (κ1) is 24.0. The van der Waals surface area contributed by atoms with Crippen molar-refractivity contribution < 1.29 is 17.9 Å². The van der Waals surface area contributed by atoms with Crippen LogP contribution in [0.15, 0.2) is 53.4 Å². The standard InChI is InChI=1S/C25H31ClN2O4S/c26-23-17-22(33(30,31)27-21-8-4-5-9-21)10-11-24(23)32-18-25(29)28-14-12-20(13-15-28)16-19-6-2-1-3-7-19/h1-3,6-7,10-11,17,20-21,27H,4-5,8-9,12-16,18H2. The molecule has 0 bridgehead atoms. The van der Waals surface area contributed by atoms with Crippen molar-refractivity contribution in [1.82, 2.24) is 9.62 Å². The Morgan fingerprint density at radius 2 is 1.73 bits per heavy atom. The van der Waals surface area contributed by atoms with E-state index in [-0.39, 0.29) is 28.5 Å². The Labute approximate surface area is 201 Å². The molecule has 33 heavy (non-hydrogen) atoms. The summed E-state index contributed by atoms with van der Waals surface area (Å²) < 4.78 is 33.6. The number of halogens is 1. The number of amides is 1. The maximum absolute atomic E-state index is 12.6. The SMILES string of the molecule is O=C(COc1ccc(S(=O)(=O)NC2CCCC2)cc1Cl)N1CCC(Cc2ccccc2)CC1. The van der Waals surface area contributed by atoms with Crippen molar-refractivity contribution in [3.05, 3.63) is 59.1 Å². The fraction of sp³-hybridized carbons (Fsp3) is 0.480. The van der Waals surface area contributed by atoms with Gasteiger partial charge in [-0.15, -0.1) is 0 Å². The third kappa shape index (κ3) is 6.49. The maximum Gasteiger partial charge on any atom is 0.260 e. The Kier molecular flexibility index (Phi) is 7.94. The number of benzene rings is 2. The molecule has 1 saturated carbocycles. The zero-order valence-corrected chi connectivity index (χ0v) is 20.3. The highest BCUT2D eigenvalue weighted by Gasteiger charge is 2.25. The smallest absolute Gasteiger partial charge is 0.260 e. The van der Waals surface area contributed by atoms with Gasteiger partial charge in [0, 0.05) is 19.1 Å². The quantitative estimate of drug-likeness (QED) is 0.594. The number of likely N-dealkylation sites (tertiary alicyclic amines) is 1. The zero-order valence-electron chi connectivity index (χ0n) is 18.7. The van der Waals surface area contributed by atoms with Gasteiger partial charge in [0.15, 0.2) is 6.61 Å². The monoisotopic (exact) mass is 490 g/mol. The summed E-state index contributed by atoms with van der Waals surface area (Å²) in [5.74, 6) is 0.812. The predicted molar refractivity (Wildman–Crippen MR) is 129 cm³/mol. The summed E-state index contributed by atoms with van der Waals surface area (Å²) >= 11 is 6.28. The van der Waals surface area contributed by atoms with Gasteiger partial charge >= 0.3 is 0 Å². The van der Waals surface area contributed by atoms with Crippen LogP contribution >= 0.6 is 11.6 Å². The minimum Gasteiger partial charge on any atom is -0.482 e. The molecular weight excluding hydrogens is 460 g/mol. The molecule has 2 aromatic carbocycles. The summed E-state index contributed by atoms with van der Waals surface area (Å²) in [6, 6.07) is 14.8. The van der Waals surface area contributed by atoms with Gasteiger partial charge in [-0.25, -0.2) is 13.1 Å². The first-order valence-corrected chi connectivity index (χ1v) is 13.5. The lowest BCUT2D eigenvalue weighted by Crippen LogP contribution is -2.41. The molecule has 2 aromatic rings. The lowest BCUT2D eigenvalue weighted by Gasteiger charge is -2.32. The first-order chi connectivity index (χ1) is 15.9. The normalized spacial score (nSPS) is 17.9. The number of piperidine rings is 1. The number of carbonyl (C=O) groups excluding carboxylic acids is 1. The molecule has 2 aliphatic rings. The average molecular weight is 491 g/mol. The zero-order chi connectivity index (χ0) is 23.3. The molecule has 178 valence electrons. The van der Waals surface area contributed by atoms with Crippen LogP contribution < -0.4 is 9.46 Å². The molecule has 1 amide bonds. The first-order valence-electron chi connectivity index (χ1n) is 11.7. The number of nitrogens with one attached hydrogen (secondary N) is 1. The Hall–Kier alpha value is -2.09. The molecule has 0 spiro atoms. The van der Waals surface area contributed by atoms with E-state index in [0.717, 1.165) is 58.0 Å². The molecule has 8 heteroatoms. The van der Waals surface area contributed by atoms with E-state index >= 15 is 0 Å². The molecule has 1 saturated heterocycles. The lowest BCUT2D eigenvalue weighted by molar-refractivity contribution is -0.134. The topological polar surface area (TPSA) is 75.7 Å². The molecule has 1 N–H and O–H groups in total. The van der Waals surface area contributed by atoms with E-state index in [4.69, 9.17) is 16.3 Å². The van der Waals surface area contributed by atoms with Gasteiger partial charge in [0.25, 0.3) is 5.91 Å². The van der Waals surface area contributed by atoms with Crippen LogP contribution in [0.4, 0.5) is 0 Å². The number of hydrogen-bond acceptors (Lipinski definition) is 4. The van der Waals surface area contributed by atoms with Crippen LogP contribution in [-0.4, -0.2) is 45.0 Å². The Balaban J connectivity index is 1.26. The summed E-state index contributed by atoms with van der Waals surface area (Å²) in [6.07, 6.45) is 6.79. The number of sulfonamides is 1. The molecule has 0 atom stereocenters. The van der Waals surface area contributed by atoms with Crippen molar-refractivity contribution in [2.24, 2.45) is 5.92 Å². The van der Waals surface area contributed by atoms with Crippen LogP contribution in [0.5, 0.6) is 5.75 Å². The van der Waals surface area contributed by atoms with Gasteiger partial charge < -0.3 is 9.64 Å². The average Bonchev–Trinajstić information content (AvgIpc) is 3.31. The third-order valence-corrected chi connectivity index (χ3v) is 8.39. The Bertz CT molecular complexity index is 1050. The van der Waals surface area contributed by atoms with Gasteiger partial charge in [0.1, 0.15) is 5.75 Å². The molecule has 1 aliphatic heterocycles. The largest absolute Gasteiger partial charge is 0.482 e. The molecular formula is C25H31ClN2O4S. The number of rotatable bonds is 8. The van der Waals surface area contributed by atoms with Crippen molar-refractivity contribution in [3.63, 3.8) is 0 Å². The second kappa shape index (κ2) is 10.9. The van der Waals surface area contributed by atoms with E-state index in [2.05, 4.69) is 29.0 Å². The second-order valence-corrected chi connectivity index (χ2v) is 11.1. The molecule has 2 fully saturated rings. The van der Waals surface area contributed by atoms with Gasteiger partial charge in [-0.05, 0) is 61.8 Å². The maximum atomic E-state index is 12.6. The third-order valence-electron chi connectivity index (χ3n) is 6.58. The predicted octanol–water partition coefficient (Wildman–Crippen LogP) is 4.42. The van der Waals surface area contributed by atoms with Crippen LogP contribution in [0.2, 0.25) is 5.02 Å². The van der Waals surface area contributed by atoms with Crippen molar-refractivity contribution in [2.75, 3.05) is 19.7 Å². The second-order valence-electron chi connectivity index (χ2n) is 9.00. The summed E-state index contributed by atoms with van der Waals surface area (Å²) in [4.78, 5) is 14.6. The number of carbonyl (C=O) groups is 1. The summed E-state index contributed by atoms with van der Waals surface area (Å²) in [5.41, 5.74) is 1.34. The van der Waals surface area contributed by atoms with E-state index in [0.29, 0.717) is 11.7 Å². The van der Waals surface area contributed by atoms with Crippen molar-refractivity contribution in [1.29, 1.82) is 0 Å². The van der Waals surface area contributed by atoms with Gasteiger partial charge in [0.05, 0.1) is 9.92 Å². The van der Waals surface area contributed by atoms with Gasteiger partial charge in [-0.2, -0.15) is 0 Å². The minimum absolute atomic E-state index is 0.0147. The van der Waals surface area contributed by atoms with Crippen LogP contribution in [0.1, 0.15) is 44.1 Å². The lowest BCUT2D eigenvalue weighted by atomic mass is 9.90. The molecule has 0 radical (unpaired) electrons. The highest BCUT2D eigenvalue weighted by atomic mass is 35.5. The van der Waals surface area contributed by atoms with Gasteiger partial charge in [-0.3, -0.25) is 4.79 Å². The highest BCUT2D eigenvalue weighted by molar-refractivity contribution is 7.89. The molecule has 1 aliphatic carbocycles. The van der Waals surface area contributed by atoms with E-state index in [9.17, 15) is 13.2 Å². The van der Waals surface area contributed by atoms with E-state index in [1.165, 1.54) is 23.8 Å². The summed E-state index contributed by atoms with van der Waals surface area (Å²) in [5, 5.41) is 0.179. The van der Waals surface area contributed by atoms with Crippen molar-refractivity contribution >= 4 is 27.5 Å². The summed E-state index contributed by atoms with van der Waals surface area (Å²) in [6.45, 7) is 1.32. The highest BCUT2D eigenvalue weighted by Crippen LogP contribution is 2.29. The van der Waals surface area contributed by atoms with E-state index < -0.39 is 10.0 Å². The Morgan fingerprint density at radius 1 is 1.03 bits per heavy atom. The Morgan fingerprint density at radius 3 is 2.39 bits per heavy atom. The van der Waals surface area contributed by atoms with Gasteiger partial charge in [0.2, 0.25) is 10.0 Å². The van der Waals surface area contributed by atoms with Crippen LogP contribution in [0.3, 0.4) is 0 Å². The van der Waals surface area contributed by atoms with Crippen LogP contribution in [0.25, 0.3) is 0 Å². The van der Waals surface area contributed by atoms with Crippen molar-refractivity contribution in [2.45, 2.75) is 55.9 Å². The number of hydrogen-bond donors (Lipinski definition) is 1. The fourth-order valence-corrected chi connectivity index (χ4v) is 6.29. The molecule has 6 nitrogen and oxygen atoms in total. The molecule has 0 unspecified atom stereocenters. The van der Waals surface area contributed by atoms with Crippen molar-refractivity contribution in [3.8, 4) is 5.75 Å². The van der Waals surface area contributed by atoms with E-state index in [1.54, 1.807) is 0 Å². The van der Waals surface area contributed by atoms with E-state index in [1.807, 2.05) is 11.0 Å². The minimum atomic E-state index is -3.62. The number of nitrogens with zero attached hydrogens (tertiary/aromatic N) is 1. The summed E-state index contributed by atoms with van der Waals surface area (Å²) in [7, 11) is -3.62. The molecule has 4 rings (SSSR count). The molecule has 1 heterocycles. The fourth-order valence-electron chi connectivity index (χ4n) is 4.66. The van der Waals surface area contributed by atoms with Crippen LogP contribution in [-0.2, 0) is 21.2 Å². The van der Waals surface area contributed by atoms with Gasteiger partial charge in [-0.1, -0.05) is 54.8 Å². The number of ether oxygens (including phenoxy) is 1. The molecule has 0 aromatic heterocycles. The van der Waals surface area contributed by atoms with Crippen LogP contribution in [0, 0.1) is 5.92 Å².